The Morgan fingerprint density at radius 1 is 0.317 bits per heavy atom. The van der Waals surface area contributed by atoms with Gasteiger partial charge in [0.1, 0.15) is 0 Å². The van der Waals surface area contributed by atoms with Gasteiger partial charge in [-0.25, -0.2) is 0 Å². The van der Waals surface area contributed by atoms with Crippen LogP contribution < -0.4 is 37.2 Å². The molecule has 330 valence electrons. The molecule has 0 spiro atoms. The molecule has 0 atom stereocenters. The van der Waals surface area contributed by atoms with Crippen LogP contribution in [0.4, 0.5) is 0 Å². The summed E-state index contributed by atoms with van der Waals surface area (Å²) in [5.74, 6) is 0. The molecule has 0 aliphatic heterocycles. The summed E-state index contributed by atoms with van der Waals surface area (Å²) >= 11 is 0. The summed E-state index contributed by atoms with van der Waals surface area (Å²) in [5.41, 5.74) is 0. The Bertz CT molecular complexity index is 1430. The van der Waals surface area contributed by atoms with Crippen LogP contribution in [0.3, 0.4) is 0 Å². The second kappa shape index (κ2) is 35.1. The number of hydrogen-bond donors (Lipinski definition) is 3. The molecule has 0 saturated heterocycles. The lowest BCUT2D eigenvalue weighted by Gasteiger charge is -2.21. The number of benzene rings is 4. The van der Waals surface area contributed by atoms with Crippen molar-refractivity contribution in [2.24, 2.45) is 0 Å². The maximum atomic E-state index is 3.71. The summed E-state index contributed by atoms with van der Waals surface area (Å²) < 4.78 is 0. The van der Waals surface area contributed by atoms with Crippen LogP contribution in [-0.4, -0.2) is 76.1 Å². The van der Waals surface area contributed by atoms with E-state index in [0.29, 0.717) is 0 Å². The Morgan fingerprint density at radius 2 is 0.583 bits per heavy atom. The van der Waals surface area contributed by atoms with E-state index in [2.05, 4.69) is 149 Å². The number of nitrogens with one attached hydrogen (secondary N) is 3. The molecular weight excluding hydrogens is 767 g/mol. The van der Waals surface area contributed by atoms with Crippen molar-refractivity contribution in [1.29, 1.82) is 0 Å². The number of nitrogens with zero attached hydrogens (tertiary/aromatic N) is 1. The van der Waals surface area contributed by atoms with Crippen LogP contribution in [0.5, 0.6) is 0 Å². The Labute approximate surface area is 371 Å². The van der Waals surface area contributed by atoms with Crippen LogP contribution in [-0.2, 0) is 0 Å². The molecule has 6 heteroatoms. The molecule has 0 bridgehead atoms. The van der Waals surface area contributed by atoms with E-state index >= 15 is 0 Å². The molecule has 4 rings (SSSR count). The zero-order chi connectivity index (χ0) is 41.8. The van der Waals surface area contributed by atoms with Crippen LogP contribution in [0.25, 0.3) is 0 Å². The lowest BCUT2D eigenvalue weighted by Crippen LogP contribution is -2.38. The lowest BCUT2D eigenvalue weighted by molar-refractivity contribution is 0.286. The summed E-state index contributed by atoms with van der Waals surface area (Å²) in [6.45, 7) is 12.4. The minimum atomic E-state index is -0.226. The molecule has 0 aromatic heterocycles. The van der Waals surface area contributed by atoms with Crippen molar-refractivity contribution in [3.05, 3.63) is 121 Å². The van der Waals surface area contributed by atoms with E-state index in [1.165, 1.54) is 156 Å². The highest BCUT2D eigenvalue weighted by Crippen LogP contribution is 2.36. The lowest BCUT2D eigenvalue weighted by atomic mass is 10.1. The minimum Gasteiger partial charge on any atom is -0.315 e. The molecule has 4 aromatic rings. The average Bonchev–Trinajstić information content (AvgIpc) is 3.30. The zero-order valence-electron chi connectivity index (χ0n) is 37.9. The van der Waals surface area contributed by atoms with Gasteiger partial charge in [-0.3, -0.25) is 0 Å². The van der Waals surface area contributed by atoms with E-state index in [1.807, 2.05) is 0 Å². The molecule has 0 aliphatic rings. The van der Waals surface area contributed by atoms with Gasteiger partial charge < -0.3 is 20.9 Å². The average molecular weight is 851 g/mol. The van der Waals surface area contributed by atoms with Gasteiger partial charge >= 0.3 is 0 Å². The second-order valence-electron chi connectivity index (χ2n) is 16.7. The number of rotatable bonds is 38. The molecule has 0 fully saturated rings. The van der Waals surface area contributed by atoms with E-state index in [1.54, 1.807) is 0 Å². The van der Waals surface area contributed by atoms with Crippen LogP contribution in [0.15, 0.2) is 121 Å². The Morgan fingerprint density at radius 3 is 0.900 bits per heavy atom. The van der Waals surface area contributed by atoms with Crippen molar-refractivity contribution >= 4 is 37.1 Å². The monoisotopic (exact) mass is 851 g/mol. The third-order valence-electron chi connectivity index (χ3n) is 11.9. The summed E-state index contributed by atoms with van der Waals surface area (Å²) in [6, 6.07) is 44.8. The van der Waals surface area contributed by atoms with Gasteiger partial charge in [0.15, 0.2) is 0 Å². The van der Waals surface area contributed by atoms with Crippen LogP contribution in [0, 0.1) is 0 Å². The van der Waals surface area contributed by atoms with Crippen molar-refractivity contribution in [2.45, 2.75) is 122 Å². The van der Waals surface area contributed by atoms with Crippen molar-refractivity contribution in [3.8, 4) is 0 Å². The maximum Gasteiger partial charge on any atom is 0.0107 e. The molecule has 0 amide bonds. The molecule has 0 radical (unpaired) electrons. The molecule has 4 nitrogen and oxygen atoms in total. The first kappa shape index (κ1) is 50.2. The van der Waals surface area contributed by atoms with Crippen LogP contribution >= 0.6 is 15.8 Å². The molecule has 0 unspecified atom stereocenters. The van der Waals surface area contributed by atoms with Gasteiger partial charge in [0, 0.05) is 39.3 Å². The van der Waals surface area contributed by atoms with E-state index in [0.717, 1.165) is 52.4 Å². The number of hydrogen-bond acceptors (Lipinski definition) is 4. The highest BCUT2D eigenvalue weighted by molar-refractivity contribution is 7.73. The quantitative estimate of drug-likeness (QED) is 0.0310. The summed E-state index contributed by atoms with van der Waals surface area (Å²) in [5, 5.41) is 17.1. The summed E-state index contributed by atoms with van der Waals surface area (Å²) in [4.78, 5) is 2.58. The Hall–Kier alpha value is -2.42. The topological polar surface area (TPSA) is 39.3 Å². The Kier molecular flexibility index (Phi) is 29.4. The molecule has 0 aliphatic carbocycles. The SMILES string of the molecule is CCN(CCNCCCCCCCCCCCP(c1ccccc1)c1ccccc1)CCNCCNCCCCCCCCCCCP(c1ccccc1)c1ccccc1. The van der Waals surface area contributed by atoms with Gasteiger partial charge in [-0.05, 0) is 94.7 Å². The Balaban J connectivity index is 0.842. The van der Waals surface area contributed by atoms with Crippen molar-refractivity contribution in [2.75, 3.05) is 71.2 Å². The van der Waals surface area contributed by atoms with Gasteiger partial charge in [-0.15, -0.1) is 0 Å². The fourth-order valence-electron chi connectivity index (χ4n) is 8.22. The zero-order valence-corrected chi connectivity index (χ0v) is 39.7. The molecule has 0 heterocycles. The normalized spacial score (nSPS) is 11.7. The first-order valence-electron chi connectivity index (χ1n) is 24.4. The molecule has 4 aromatic carbocycles. The van der Waals surface area contributed by atoms with E-state index in [-0.39, 0.29) is 15.8 Å². The fourth-order valence-corrected chi connectivity index (χ4v) is 13.1. The third kappa shape index (κ3) is 23.1. The van der Waals surface area contributed by atoms with E-state index in [9.17, 15) is 0 Å². The van der Waals surface area contributed by atoms with Gasteiger partial charge in [0.05, 0.1) is 0 Å². The number of unbranched alkanes of at least 4 members (excludes halogenated alkanes) is 16. The smallest absolute Gasteiger partial charge is 0.0107 e. The van der Waals surface area contributed by atoms with Crippen molar-refractivity contribution in [3.63, 3.8) is 0 Å². The van der Waals surface area contributed by atoms with Crippen LogP contribution in [0.1, 0.15) is 122 Å². The highest BCUT2D eigenvalue weighted by atomic mass is 31.1. The van der Waals surface area contributed by atoms with Gasteiger partial charge in [0.25, 0.3) is 0 Å². The molecule has 0 saturated carbocycles. The van der Waals surface area contributed by atoms with Crippen LogP contribution in [0.2, 0.25) is 0 Å². The standard InChI is InChI=1S/C54H84N4P2/c1-2-58(47-45-56-42-30-14-10-6-4-8-12-16-32-50-60(53-37-25-19-26-38-53)54-39-27-20-28-40-54)48-46-57-44-43-55-41-29-13-9-5-3-7-11-15-31-49-59(51-33-21-17-22-34-51)52-35-23-18-24-36-52/h17-28,33-40,55-57H,2-16,29-32,41-50H2,1H3. The fraction of sp³-hybridized carbons (Fsp3) is 0.556. The molecule has 60 heavy (non-hydrogen) atoms. The molecule has 3 N–H and O–H groups in total. The second-order valence-corrected chi connectivity index (χ2v) is 21.4. The first-order chi connectivity index (χ1) is 29.8. The highest BCUT2D eigenvalue weighted by Gasteiger charge is 2.14. The van der Waals surface area contributed by atoms with E-state index in [4.69, 9.17) is 0 Å². The first-order valence-corrected chi connectivity index (χ1v) is 27.5. The van der Waals surface area contributed by atoms with E-state index < -0.39 is 0 Å². The number of likely N-dealkylation sites (N-methyl/N-ethyl adjacent to an activating group) is 1. The predicted molar refractivity (Wildman–Crippen MR) is 272 cm³/mol. The maximum absolute atomic E-state index is 3.71. The van der Waals surface area contributed by atoms with Gasteiger partial charge in [0.2, 0.25) is 0 Å². The summed E-state index contributed by atoms with van der Waals surface area (Å²) in [7, 11) is -0.452. The van der Waals surface area contributed by atoms with Crippen molar-refractivity contribution in [1.82, 2.24) is 20.9 Å². The molecular formula is C54H84N4P2. The largest absolute Gasteiger partial charge is 0.315 e. The van der Waals surface area contributed by atoms with Gasteiger partial charge in [-0.1, -0.05) is 218 Å². The summed E-state index contributed by atoms with van der Waals surface area (Å²) in [6.07, 6.45) is 27.4. The third-order valence-corrected chi connectivity index (χ3v) is 17.1. The van der Waals surface area contributed by atoms with Gasteiger partial charge in [-0.2, -0.15) is 0 Å². The predicted octanol–water partition coefficient (Wildman–Crippen LogP) is 11.4. The minimum absolute atomic E-state index is 0.226. The van der Waals surface area contributed by atoms with Crippen molar-refractivity contribution < 1.29 is 0 Å².